The van der Waals surface area contributed by atoms with Crippen LogP contribution in [0.1, 0.15) is 29.2 Å². The summed E-state index contributed by atoms with van der Waals surface area (Å²) in [6.07, 6.45) is 0. The normalized spacial score (nSPS) is 10.7. The van der Waals surface area contributed by atoms with E-state index in [-0.39, 0.29) is 18.3 Å². The van der Waals surface area contributed by atoms with Crippen LogP contribution in [0.3, 0.4) is 0 Å². The highest BCUT2D eigenvalue weighted by Gasteiger charge is 2.19. The molecule has 0 saturated carbocycles. The molecule has 0 aliphatic rings. The molecule has 0 bridgehead atoms. The molecular formula is C20H23N5O4S2. The van der Waals surface area contributed by atoms with Crippen LogP contribution >= 0.6 is 23.1 Å². The highest BCUT2D eigenvalue weighted by atomic mass is 32.2. The Morgan fingerprint density at radius 1 is 1.19 bits per heavy atom. The molecule has 1 amide bonds. The number of benzene rings is 1. The van der Waals surface area contributed by atoms with Crippen LogP contribution in [0.4, 0.5) is 5.13 Å². The van der Waals surface area contributed by atoms with Gasteiger partial charge >= 0.3 is 5.97 Å². The molecule has 0 radical (unpaired) electrons. The van der Waals surface area contributed by atoms with Gasteiger partial charge < -0.3 is 19.4 Å². The molecule has 3 rings (SSSR count). The molecule has 1 N–H and O–H groups in total. The van der Waals surface area contributed by atoms with Crippen LogP contribution in [0.15, 0.2) is 29.4 Å². The summed E-state index contributed by atoms with van der Waals surface area (Å²) in [5.41, 5.74) is 1.44. The van der Waals surface area contributed by atoms with E-state index in [2.05, 4.69) is 20.5 Å². The second kappa shape index (κ2) is 10.4. The van der Waals surface area contributed by atoms with E-state index in [4.69, 9.17) is 9.47 Å². The van der Waals surface area contributed by atoms with Crippen LogP contribution < -0.4 is 10.1 Å². The average Bonchev–Trinajstić information content (AvgIpc) is 3.35. The van der Waals surface area contributed by atoms with Gasteiger partial charge in [-0.2, -0.15) is 0 Å². The minimum Gasteiger partial charge on any atom is -0.497 e. The highest BCUT2D eigenvalue weighted by molar-refractivity contribution is 7.99. The number of thiazole rings is 1. The Kier molecular flexibility index (Phi) is 7.64. The van der Waals surface area contributed by atoms with E-state index < -0.39 is 5.97 Å². The minimum atomic E-state index is -0.436. The van der Waals surface area contributed by atoms with Crippen molar-refractivity contribution in [1.29, 1.82) is 0 Å². The van der Waals surface area contributed by atoms with Gasteiger partial charge in [0.2, 0.25) is 5.91 Å². The number of methoxy groups -OCH3 is 1. The van der Waals surface area contributed by atoms with Crippen LogP contribution in [0.25, 0.3) is 11.4 Å². The van der Waals surface area contributed by atoms with E-state index in [0.29, 0.717) is 27.4 Å². The molecule has 3 aromatic rings. The number of nitrogens with zero attached hydrogens (tertiary/aromatic N) is 4. The maximum Gasteiger partial charge on any atom is 0.350 e. The highest BCUT2D eigenvalue weighted by Crippen LogP contribution is 2.27. The van der Waals surface area contributed by atoms with Crippen LogP contribution in [0.2, 0.25) is 0 Å². The molecule has 0 aliphatic heterocycles. The number of ether oxygens (including phenoxy) is 2. The fraction of sp³-hybridized carbons (Fsp3) is 0.350. The zero-order valence-electron chi connectivity index (χ0n) is 17.7. The van der Waals surface area contributed by atoms with Crippen molar-refractivity contribution in [2.24, 2.45) is 0 Å². The van der Waals surface area contributed by atoms with Gasteiger partial charge in [0.1, 0.15) is 10.6 Å². The van der Waals surface area contributed by atoms with E-state index >= 15 is 0 Å². The topological polar surface area (TPSA) is 108 Å². The standard InChI is InChI=1S/C20H23N5O4S2/c1-5-25-17(13-7-9-14(28-4)10-8-13)23-24-20(25)30-11-15(26)22-19-21-12(3)16(31-19)18(27)29-6-2/h7-10H,5-6,11H2,1-4H3,(H,21,22,26). The van der Waals surface area contributed by atoms with Gasteiger partial charge in [-0.05, 0) is 45.0 Å². The SMILES string of the molecule is CCOC(=O)c1sc(NC(=O)CSc2nnc(-c3ccc(OC)cc3)n2CC)nc1C. The predicted octanol–water partition coefficient (Wildman–Crippen LogP) is 3.65. The second-order valence-corrected chi connectivity index (χ2v) is 8.21. The summed E-state index contributed by atoms with van der Waals surface area (Å²) in [7, 11) is 1.62. The van der Waals surface area contributed by atoms with Gasteiger partial charge in [0, 0.05) is 12.1 Å². The van der Waals surface area contributed by atoms with E-state index in [1.807, 2.05) is 35.8 Å². The van der Waals surface area contributed by atoms with Crippen molar-refractivity contribution < 1.29 is 19.1 Å². The number of amides is 1. The van der Waals surface area contributed by atoms with Gasteiger partial charge in [-0.25, -0.2) is 9.78 Å². The van der Waals surface area contributed by atoms with E-state index in [1.165, 1.54) is 11.8 Å². The monoisotopic (exact) mass is 461 g/mol. The Balaban J connectivity index is 1.65. The summed E-state index contributed by atoms with van der Waals surface area (Å²) < 4.78 is 12.1. The molecule has 0 saturated heterocycles. The first-order valence-electron chi connectivity index (χ1n) is 9.61. The molecule has 9 nitrogen and oxygen atoms in total. The summed E-state index contributed by atoms with van der Waals surface area (Å²) in [6.45, 7) is 6.38. The molecule has 1 aromatic carbocycles. The van der Waals surface area contributed by atoms with Crippen LogP contribution in [0.5, 0.6) is 5.75 Å². The smallest absolute Gasteiger partial charge is 0.350 e. The Bertz CT molecular complexity index is 1060. The third-order valence-corrected chi connectivity index (χ3v) is 6.24. The number of nitrogens with one attached hydrogen (secondary N) is 1. The predicted molar refractivity (Wildman–Crippen MR) is 120 cm³/mol. The van der Waals surface area contributed by atoms with Crippen molar-refractivity contribution in [3.05, 3.63) is 34.8 Å². The summed E-state index contributed by atoms with van der Waals surface area (Å²) in [4.78, 5) is 28.9. The lowest BCUT2D eigenvalue weighted by molar-refractivity contribution is -0.113. The number of carbonyl (C=O) groups excluding carboxylic acids is 2. The van der Waals surface area contributed by atoms with E-state index in [1.54, 1.807) is 21.0 Å². The number of anilines is 1. The molecule has 0 spiro atoms. The Morgan fingerprint density at radius 2 is 1.94 bits per heavy atom. The Morgan fingerprint density at radius 3 is 2.58 bits per heavy atom. The number of thioether (sulfide) groups is 1. The van der Waals surface area contributed by atoms with Crippen molar-refractivity contribution in [2.75, 3.05) is 24.8 Å². The zero-order valence-corrected chi connectivity index (χ0v) is 19.3. The summed E-state index contributed by atoms with van der Waals surface area (Å²) in [5, 5.41) is 12.3. The Hall–Kier alpha value is -2.92. The third-order valence-electron chi connectivity index (χ3n) is 4.22. The maximum atomic E-state index is 12.4. The number of hydrogen-bond donors (Lipinski definition) is 1. The molecule has 31 heavy (non-hydrogen) atoms. The molecular weight excluding hydrogens is 438 g/mol. The van der Waals surface area contributed by atoms with Crippen molar-refractivity contribution in [1.82, 2.24) is 19.7 Å². The number of aryl methyl sites for hydroxylation is 1. The van der Waals surface area contributed by atoms with E-state index in [0.717, 1.165) is 28.5 Å². The first kappa shape index (κ1) is 22.8. The number of hydrogen-bond acceptors (Lipinski definition) is 9. The van der Waals surface area contributed by atoms with Crippen LogP contribution in [-0.2, 0) is 16.1 Å². The zero-order chi connectivity index (χ0) is 22.4. The van der Waals surface area contributed by atoms with Gasteiger partial charge in [-0.15, -0.1) is 10.2 Å². The summed E-state index contributed by atoms with van der Waals surface area (Å²) in [5.74, 6) is 0.942. The fourth-order valence-electron chi connectivity index (χ4n) is 2.76. The first-order valence-corrected chi connectivity index (χ1v) is 11.4. The molecule has 0 atom stereocenters. The molecule has 0 aliphatic carbocycles. The maximum absolute atomic E-state index is 12.4. The van der Waals surface area contributed by atoms with Crippen molar-refractivity contribution in [3.8, 4) is 17.1 Å². The van der Waals surface area contributed by atoms with Gasteiger partial charge in [0.05, 0.1) is 25.2 Å². The molecule has 2 heterocycles. The van der Waals surface area contributed by atoms with Gasteiger partial charge in [-0.3, -0.25) is 4.79 Å². The number of aromatic nitrogens is 4. The molecule has 2 aromatic heterocycles. The lowest BCUT2D eigenvalue weighted by atomic mass is 10.2. The second-order valence-electron chi connectivity index (χ2n) is 6.27. The quantitative estimate of drug-likeness (QED) is 0.380. The van der Waals surface area contributed by atoms with Gasteiger partial charge in [-0.1, -0.05) is 23.1 Å². The Labute approximate surface area is 188 Å². The number of rotatable bonds is 9. The lowest BCUT2D eigenvalue weighted by Crippen LogP contribution is -2.14. The van der Waals surface area contributed by atoms with Crippen LogP contribution in [-0.4, -0.2) is 51.1 Å². The van der Waals surface area contributed by atoms with Crippen LogP contribution in [0, 0.1) is 6.92 Å². The summed E-state index contributed by atoms with van der Waals surface area (Å²) in [6, 6.07) is 7.57. The molecule has 11 heteroatoms. The average molecular weight is 462 g/mol. The molecule has 0 fully saturated rings. The van der Waals surface area contributed by atoms with Gasteiger partial charge in [0.25, 0.3) is 0 Å². The molecule has 0 unspecified atom stereocenters. The minimum absolute atomic E-state index is 0.133. The first-order chi connectivity index (χ1) is 15.0. The molecule has 164 valence electrons. The van der Waals surface area contributed by atoms with Crippen molar-refractivity contribution >= 4 is 40.1 Å². The largest absolute Gasteiger partial charge is 0.497 e. The fourth-order valence-corrected chi connectivity index (χ4v) is 4.43. The van der Waals surface area contributed by atoms with Crippen molar-refractivity contribution in [3.63, 3.8) is 0 Å². The van der Waals surface area contributed by atoms with Gasteiger partial charge in [0.15, 0.2) is 16.1 Å². The summed E-state index contributed by atoms with van der Waals surface area (Å²) >= 11 is 2.38. The van der Waals surface area contributed by atoms with E-state index in [9.17, 15) is 9.59 Å². The lowest BCUT2D eigenvalue weighted by Gasteiger charge is -2.08. The number of esters is 1. The van der Waals surface area contributed by atoms with Crippen molar-refractivity contribution in [2.45, 2.75) is 32.5 Å². The third kappa shape index (κ3) is 5.42. The number of carbonyl (C=O) groups is 2.